The lowest BCUT2D eigenvalue weighted by molar-refractivity contribution is 0.282. The van der Waals surface area contributed by atoms with Gasteiger partial charge in [-0.1, -0.05) is 96.8 Å². The summed E-state index contributed by atoms with van der Waals surface area (Å²) < 4.78 is 32.3. The molecule has 0 radical (unpaired) electrons. The van der Waals surface area contributed by atoms with E-state index >= 15 is 0 Å². The fraction of sp³-hybridized carbons (Fsp3) is 1.00. The number of rotatable bonds is 19. The lowest BCUT2D eigenvalue weighted by Crippen LogP contribution is -2.20. The molecule has 0 heterocycles. The predicted octanol–water partition coefficient (Wildman–Crippen LogP) is 5.89. The lowest BCUT2D eigenvalue weighted by atomic mass is 10.0. The third-order valence-electron chi connectivity index (χ3n) is 4.99. The molecule has 0 bridgehead atoms. The maximum absolute atomic E-state index is 11.5. The molecule has 0 spiro atoms. The van der Waals surface area contributed by atoms with Crippen LogP contribution in [-0.4, -0.2) is 29.9 Å². The Morgan fingerprint density at radius 2 is 1.00 bits per heavy atom. The van der Waals surface area contributed by atoms with Crippen molar-refractivity contribution >= 4 is 10.1 Å². The van der Waals surface area contributed by atoms with Crippen molar-refractivity contribution in [2.75, 3.05) is 6.61 Å². The second kappa shape index (κ2) is 17.3. The molecule has 0 saturated carbocycles. The Kier molecular flexibility index (Phi) is 17.2. The number of hydrogen-bond donors (Lipinski definition) is 2. The first-order valence-corrected chi connectivity index (χ1v) is 12.1. The van der Waals surface area contributed by atoms with Gasteiger partial charge in [-0.05, 0) is 19.3 Å². The van der Waals surface area contributed by atoms with E-state index in [2.05, 4.69) is 6.92 Å². The molecule has 0 rings (SSSR count). The van der Waals surface area contributed by atoms with E-state index in [1.165, 1.54) is 44.9 Å². The van der Waals surface area contributed by atoms with E-state index in [1.807, 2.05) is 0 Å². The third kappa shape index (κ3) is 17.1. The Morgan fingerprint density at radius 1 is 0.640 bits per heavy atom. The van der Waals surface area contributed by atoms with Gasteiger partial charge in [0.2, 0.25) is 0 Å². The fourth-order valence-corrected chi connectivity index (χ4v) is 4.24. The summed E-state index contributed by atoms with van der Waals surface area (Å²) in [6.45, 7) is 2.45. The van der Waals surface area contributed by atoms with Crippen LogP contribution in [0, 0.1) is 0 Å². The van der Waals surface area contributed by atoms with Crippen LogP contribution < -0.4 is 0 Å². The average molecular weight is 379 g/mol. The zero-order chi connectivity index (χ0) is 18.8. The maximum Gasteiger partial charge on any atom is 0.267 e. The molecule has 0 aliphatic rings. The van der Waals surface area contributed by atoms with E-state index in [0.717, 1.165) is 51.4 Å². The third-order valence-corrected chi connectivity index (χ3v) is 6.30. The number of aliphatic hydroxyl groups is 1. The van der Waals surface area contributed by atoms with Crippen molar-refractivity contribution in [3.8, 4) is 0 Å². The minimum atomic E-state index is -3.88. The summed E-state index contributed by atoms with van der Waals surface area (Å²) in [5.41, 5.74) is 0. The molecule has 2 N–H and O–H groups in total. The van der Waals surface area contributed by atoms with Gasteiger partial charge in [-0.25, -0.2) is 0 Å². The highest BCUT2D eigenvalue weighted by atomic mass is 32.2. The van der Waals surface area contributed by atoms with Crippen LogP contribution in [0.4, 0.5) is 0 Å². The van der Waals surface area contributed by atoms with Crippen molar-refractivity contribution in [3.63, 3.8) is 0 Å². The van der Waals surface area contributed by atoms with Crippen molar-refractivity contribution in [2.24, 2.45) is 0 Å². The lowest BCUT2D eigenvalue weighted by Gasteiger charge is -2.13. The molecule has 0 aromatic rings. The van der Waals surface area contributed by atoms with Gasteiger partial charge in [0.05, 0.1) is 5.25 Å². The Labute approximate surface area is 156 Å². The maximum atomic E-state index is 11.5. The van der Waals surface area contributed by atoms with Crippen LogP contribution in [-0.2, 0) is 10.1 Å². The monoisotopic (exact) mass is 378 g/mol. The highest BCUT2D eigenvalue weighted by Gasteiger charge is 2.21. The Bertz CT molecular complexity index is 368. The van der Waals surface area contributed by atoms with Gasteiger partial charge in [0.15, 0.2) is 0 Å². The molecule has 152 valence electrons. The largest absolute Gasteiger partial charge is 0.396 e. The predicted molar refractivity (Wildman–Crippen MR) is 107 cm³/mol. The number of aliphatic hydroxyl groups excluding tert-OH is 1. The second-order valence-corrected chi connectivity index (χ2v) is 9.08. The highest BCUT2D eigenvalue weighted by molar-refractivity contribution is 7.86. The molecule has 0 aliphatic carbocycles. The van der Waals surface area contributed by atoms with E-state index < -0.39 is 15.4 Å². The van der Waals surface area contributed by atoms with Crippen molar-refractivity contribution in [1.29, 1.82) is 0 Å². The Hall–Kier alpha value is -0.130. The van der Waals surface area contributed by atoms with Crippen LogP contribution in [0.2, 0.25) is 0 Å². The fourth-order valence-electron chi connectivity index (χ4n) is 3.32. The topological polar surface area (TPSA) is 74.6 Å². The van der Waals surface area contributed by atoms with E-state index in [9.17, 15) is 13.0 Å². The van der Waals surface area contributed by atoms with Crippen molar-refractivity contribution in [1.82, 2.24) is 0 Å². The van der Waals surface area contributed by atoms with Gasteiger partial charge in [-0.3, -0.25) is 4.55 Å². The molecule has 0 aliphatic heterocycles. The molecule has 1 atom stereocenters. The van der Waals surface area contributed by atoms with Crippen molar-refractivity contribution < 1.29 is 18.1 Å². The normalized spacial score (nSPS) is 13.2. The zero-order valence-corrected chi connectivity index (χ0v) is 17.2. The van der Waals surface area contributed by atoms with E-state index in [0.29, 0.717) is 19.4 Å². The molecule has 0 saturated heterocycles. The Balaban J connectivity index is 3.55. The van der Waals surface area contributed by atoms with Gasteiger partial charge in [0.25, 0.3) is 10.1 Å². The molecular weight excluding hydrogens is 336 g/mol. The number of hydrogen-bond acceptors (Lipinski definition) is 3. The van der Waals surface area contributed by atoms with Crippen molar-refractivity contribution in [2.45, 2.75) is 121 Å². The molecule has 1 unspecified atom stereocenters. The highest BCUT2D eigenvalue weighted by Crippen LogP contribution is 2.19. The molecule has 0 aromatic heterocycles. The van der Waals surface area contributed by atoms with E-state index in [1.54, 1.807) is 0 Å². The summed E-state index contributed by atoms with van der Waals surface area (Å²) in [5.74, 6) is 0. The average Bonchev–Trinajstić information content (AvgIpc) is 2.56. The van der Waals surface area contributed by atoms with Gasteiger partial charge >= 0.3 is 0 Å². The second-order valence-electron chi connectivity index (χ2n) is 7.39. The van der Waals surface area contributed by atoms with Gasteiger partial charge in [-0.2, -0.15) is 8.42 Å². The molecule has 4 nitrogen and oxygen atoms in total. The quantitative estimate of drug-likeness (QED) is 0.217. The molecule has 5 heteroatoms. The SMILES string of the molecule is CCCCCCC(CCCCCCCCCCCCCO)S(=O)(=O)O. The first-order chi connectivity index (χ1) is 12.0. The summed E-state index contributed by atoms with van der Waals surface area (Å²) in [6, 6.07) is 0. The summed E-state index contributed by atoms with van der Waals surface area (Å²) in [5, 5.41) is 8.15. The van der Waals surface area contributed by atoms with Crippen LogP contribution in [0.3, 0.4) is 0 Å². The minimum absolute atomic E-state index is 0.317. The first kappa shape index (κ1) is 24.9. The van der Waals surface area contributed by atoms with Crippen LogP contribution in [0.5, 0.6) is 0 Å². The van der Waals surface area contributed by atoms with Crippen LogP contribution in [0.25, 0.3) is 0 Å². The summed E-state index contributed by atoms with van der Waals surface area (Å²) >= 11 is 0. The van der Waals surface area contributed by atoms with E-state index in [-0.39, 0.29) is 0 Å². The first-order valence-electron chi connectivity index (χ1n) is 10.6. The summed E-state index contributed by atoms with van der Waals surface area (Å²) in [4.78, 5) is 0. The molecule has 0 aromatic carbocycles. The molecule has 0 amide bonds. The Morgan fingerprint density at radius 3 is 1.36 bits per heavy atom. The van der Waals surface area contributed by atoms with Crippen LogP contribution >= 0.6 is 0 Å². The van der Waals surface area contributed by atoms with Gasteiger partial charge in [0.1, 0.15) is 0 Å². The minimum Gasteiger partial charge on any atom is -0.396 e. The van der Waals surface area contributed by atoms with Crippen LogP contribution in [0.1, 0.15) is 116 Å². The zero-order valence-electron chi connectivity index (χ0n) is 16.4. The molecular formula is C20H42O4S. The summed E-state index contributed by atoms with van der Waals surface area (Å²) in [6.07, 6.45) is 18.2. The molecule has 0 fully saturated rings. The van der Waals surface area contributed by atoms with Gasteiger partial charge in [0, 0.05) is 6.61 Å². The van der Waals surface area contributed by atoms with E-state index in [4.69, 9.17) is 5.11 Å². The van der Waals surface area contributed by atoms with Gasteiger partial charge < -0.3 is 5.11 Å². The van der Waals surface area contributed by atoms with Crippen LogP contribution in [0.15, 0.2) is 0 Å². The van der Waals surface area contributed by atoms with Gasteiger partial charge in [-0.15, -0.1) is 0 Å². The van der Waals surface area contributed by atoms with Crippen molar-refractivity contribution in [3.05, 3.63) is 0 Å². The molecule has 25 heavy (non-hydrogen) atoms. The standard InChI is InChI=1S/C20H42O4S/c1-2-3-4-14-17-20(25(22,23)24)18-15-12-10-8-6-5-7-9-11-13-16-19-21/h20-21H,2-19H2,1H3,(H,22,23,24). The number of unbranched alkanes of at least 4 members (excludes halogenated alkanes) is 13. The summed E-state index contributed by atoms with van der Waals surface area (Å²) in [7, 11) is -3.88. The smallest absolute Gasteiger partial charge is 0.267 e.